The Morgan fingerprint density at radius 2 is 1.93 bits per heavy atom. The van der Waals surface area contributed by atoms with Crippen LogP contribution in [0.1, 0.15) is 74.1 Å². The van der Waals surface area contributed by atoms with E-state index in [1.807, 2.05) is 33.0 Å². The third-order valence-corrected chi connectivity index (χ3v) is 8.54. The zero-order valence-electron chi connectivity index (χ0n) is 27.1. The molecule has 5 rings (SSSR count). The molecule has 2 aliphatic heterocycles. The fourth-order valence-electron chi connectivity index (χ4n) is 6.26. The van der Waals surface area contributed by atoms with Crippen LogP contribution >= 0.6 is 0 Å². The van der Waals surface area contributed by atoms with Crippen molar-refractivity contribution in [2.24, 2.45) is 0 Å². The molecule has 0 aliphatic carbocycles. The number of pyridine rings is 1. The van der Waals surface area contributed by atoms with Crippen molar-refractivity contribution in [3.8, 4) is 17.2 Å². The van der Waals surface area contributed by atoms with E-state index in [1.54, 1.807) is 11.1 Å². The second-order valence-electron chi connectivity index (χ2n) is 12.3. The molecule has 242 valence electrons. The number of nitrogens with one attached hydrogen (secondary N) is 1. The molecule has 0 saturated carbocycles. The first-order chi connectivity index (χ1) is 21.7. The van der Waals surface area contributed by atoms with Crippen LogP contribution in [0.25, 0.3) is 0 Å². The van der Waals surface area contributed by atoms with Gasteiger partial charge in [-0.1, -0.05) is 0 Å². The lowest BCUT2D eigenvalue weighted by Gasteiger charge is -2.35. The summed E-state index contributed by atoms with van der Waals surface area (Å²) in [6, 6.07) is 6.23. The van der Waals surface area contributed by atoms with Crippen LogP contribution in [0.5, 0.6) is 17.2 Å². The Hall–Kier alpha value is -3.83. The maximum Gasteiger partial charge on any atom is 0.257 e. The molecule has 0 spiro atoms. The van der Waals surface area contributed by atoms with Gasteiger partial charge < -0.3 is 29.5 Å². The molecule has 0 radical (unpaired) electrons. The van der Waals surface area contributed by atoms with Gasteiger partial charge in [0.15, 0.2) is 11.6 Å². The van der Waals surface area contributed by atoms with Crippen LogP contribution in [0.15, 0.2) is 43.0 Å². The van der Waals surface area contributed by atoms with Crippen molar-refractivity contribution in [1.29, 1.82) is 0 Å². The first-order valence-corrected chi connectivity index (χ1v) is 16.1. The van der Waals surface area contributed by atoms with E-state index in [0.29, 0.717) is 31.2 Å². The number of carbonyl (C=O) groups excluding carboxylic acids is 1. The number of hydrogen-bond donors (Lipinski definition) is 1. The number of aromatic nitrogens is 3. The molecule has 11 heteroatoms. The molecule has 1 amide bonds. The van der Waals surface area contributed by atoms with Crippen molar-refractivity contribution >= 4 is 11.7 Å². The number of halogens is 1. The summed E-state index contributed by atoms with van der Waals surface area (Å²) in [6.07, 6.45) is 9.66. The first kappa shape index (κ1) is 32.6. The minimum absolute atomic E-state index is 0.0411. The number of carbonyl (C=O) groups is 1. The molecule has 1 aromatic carbocycles. The zero-order chi connectivity index (χ0) is 31.9. The van der Waals surface area contributed by atoms with Crippen LogP contribution in [-0.2, 0) is 6.42 Å². The quantitative estimate of drug-likeness (QED) is 0.292. The van der Waals surface area contributed by atoms with Gasteiger partial charge in [-0.3, -0.25) is 9.78 Å². The molecular weight excluding hydrogens is 573 g/mol. The van der Waals surface area contributed by atoms with Gasteiger partial charge in [0, 0.05) is 69.3 Å². The smallest absolute Gasteiger partial charge is 0.257 e. The molecule has 1 unspecified atom stereocenters. The summed E-state index contributed by atoms with van der Waals surface area (Å²) in [6.45, 7) is 9.67. The van der Waals surface area contributed by atoms with Gasteiger partial charge in [0.1, 0.15) is 29.7 Å². The average molecular weight is 620 g/mol. The average Bonchev–Trinajstić information content (AvgIpc) is 3.02. The highest BCUT2D eigenvalue weighted by Gasteiger charge is 2.29. The van der Waals surface area contributed by atoms with Crippen molar-refractivity contribution in [3.05, 3.63) is 65.6 Å². The SMILES string of the molecule is CCN(C(=O)c1cc(F)ccc1Oc1cncnc1N1CCC(Oc2ccnc3c2C(CCCN(C)C)NCC3)CC1)C(C)C. The molecule has 10 nitrogen and oxygen atoms in total. The van der Waals surface area contributed by atoms with Gasteiger partial charge in [-0.05, 0) is 78.5 Å². The van der Waals surface area contributed by atoms with E-state index in [2.05, 4.69) is 39.2 Å². The normalized spacial score (nSPS) is 17.0. The molecule has 4 heterocycles. The van der Waals surface area contributed by atoms with Crippen LogP contribution in [0.4, 0.5) is 10.2 Å². The van der Waals surface area contributed by atoms with E-state index in [4.69, 9.17) is 14.5 Å². The van der Waals surface area contributed by atoms with Gasteiger partial charge in [-0.25, -0.2) is 14.4 Å². The highest BCUT2D eigenvalue weighted by atomic mass is 19.1. The molecule has 1 atom stereocenters. The largest absolute Gasteiger partial charge is 0.490 e. The molecular formula is C34H46FN7O3. The fraction of sp³-hybridized carbons (Fsp3) is 0.529. The number of fused-ring (bicyclic) bond motifs is 1. The standard InChI is InChI=1S/C34H46FN7O3/c1-6-42(23(2)3)34(43)26-20-24(35)9-10-29(26)45-31-21-36-22-39-33(31)41-18-13-25(14-19-41)44-30-12-16-38-28-11-15-37-27(32(28)30)8-7-17-40(4)5/h9-10,12,16,20-23,25,27,37H,6-8,11,13-15,17-19H2,1-5H3. The summed E-state index contributed by atoms with van der Waals surface area (Å²) in [7, 11) is 4.21. The Morgan fingerprint density at radius 3 is 2.67 bits per heavy atom. The van der Waals surface area contributed by atoms with Crippen LogP contribution in [0, 0.1) is 5.82 Å². The van der Waals surface area contributed by atoms with E-state index in [9.17, 15) is 9.18 Å². The number of benzene rings is 1. The van der Waals surface area contributed by atoms with Gasteiger partial charge in [-0.15, -0.1) is 0 Å². The van der Waals surface area contributed by atoms with Crippen LogP contribution in [-0.4, -0.2) is 89.6 Å². The van der Waals surface area contributed by atoms with Gasteiger partial charge in [-0.2, -0.15) is 0 Å². The Kier molecular flexibility index (Phi) is 10.8. The van der Waals surface area contributed by atoms with Gasteiger partial charge in [0.25, 0.3) is 5.91 Å². The van der Waals surface area contributed by atoms with Crippen molar-refractivity contribution in [3.63, 3.8) is 0 Å². The number of amides is 1. The molecule has 2 aromatic heterocycles. The number of ether oxygens (including phenoxy) is 2. The van der Waals surface area contributed by atoms with Crippen LogP contribution in [0.3, 0.4) is 0 Å². The molecule has 45 heavy (non-hydrogen) atoms. The number of anilines is 1. The lowest BCUT2D eigenvalue weighted by atomic mass is 9.94. The number of rotatable bonds is 12. The lowest BCUT2D eigenvalue weighted by molar-refractivity contribution is 0.0713. The second kappa shape index (κ2) is 15.0. The van der Waals surface area contributed by atoms with E-state index in [1.165, 1.54) is 30.1 Å². The summed E-state index contributed by atoms with van der Waals surface area (Å²) in [4.78, 5) is 32.8. The zero-order valence-corrected chi connectivity index (χ0v) is 27.1. The van der Waals surface area contributed by atoms with Gasteiger partial charge in [0.2, 0.25) is 0 Å². The molecule has 1 fully saturated rings. The first-order valence-electron chi connectivity index (χ1n) is 16.1. The highest BCUT2D eigenvalue weighted by Crippen LogP contribution is 2.37. The molecule has 0 bridgehead atoms. The number of hydrogen-bond acceptors (Lipinski definition) is 9. The van der Waals surface area contributed by atoms with E-state index in [0.717, 1.165) is 56.6 Å². The van der Waals surface area contributed by atoms with Crippen molar-refractivity contribution < 1.29 is 18.7 Å². The Balaban J connectivity index is 1.28. The van der Waals surface area contributed by atoms with E-state index >= 15 is 0 Å². The number of piperidine rings is 1. The molecule has 3 aromatic rings. The Morgan fingerprint density at radius 1 is 1.13 bits per heavy atom. The summed E-state index contributed by atoms with van der Waals surface area (Å²) < 4.78 is 27.2. The molecule has 2 aliphatic rings. The molecule has 1 saturated heterocycles. The van der Waals surface area contributed by atoms with Crippen molar-refractivity contribution in [1.82, 2.24) is 30.1 Å². The second-order valence-corrected chi connectivity index (χ2v) is 12.3. The Labute approximate surface area is 266 Å². The lowest BCUT2D eigenvalue weighted by Crippen LogP contribution is -2.39. The predicted octanol–water partition coefficient (Wildman–Crippen LogP) is 5.25. The summed E-state index contributed by atoms with van der Waals surface area (Å²) in [5.74, 6) is 1.47. The van der Waals surface area contributed by atoms with E-state index in [-0.39, 0.29) is 35.4 Å². The third kappa shape index (κ3) is 7.88. The van der Waals surface area contributed by atoms with Crippen molar-refractivity contribution in [2.45, 2.75) is 71.1 Å². The predicted molar refractivity (Wildman–Crippen MR) is 173 cm³/mol. The summed E-state index contributed by atoms with van der Waals surface area (Å²) >= 11 is 0. The maximum absolute atomic E-state index is 14.3. The van der Waals surface area contributed by atoms with Crippen LogP contribution in [0.2, 0.25) is 0 Å². The van der Waals surface area contributed by atoms with E-state index < -0.39 is 5.82 Å². The maximum atomic E-state index is 14.3. The third-order valence-electron chi connectivity index (χ3n) is 8.54. The summed E-state index contributed by atoms with van der Waals surface area (Å²) in [5, 5.41) is 3.69. The minimum Gasteiger partial charge on any atom is -0.490 e. The minimum atomic E-state index is -0.497. The van der Waals surface area contributed by atoms with Gasteiger partial charge in [0.05, 0.1) is 17.5 Å². The highest BCUT2D eigenvalue weighted by molar-refractivity contribution is 5.97. The van der Waals surface area contributed by atoms with Crippen molar-refractivity contribution in [2.75, 3.05) is 51.7 Å². The Bertz CT molecular complexity index is 1450. The molecule has 1 N–H and O–H groups in total. The monoisotopic (exact) mass is 619 g/mol. The fourth-order valence-corrected chi connectivity index (χ4v) is 6.26. The van der Waals surface area contributed by atoms with Gasteiger partial charge >= 0.3 is 0 Å². The summed E-state index contributed by atoms with van der Waals surface area (Å²) in [5.41, 5.74) is 2.51. The van der Waals surface area contributed by atoms with Crippen LogP contribution < -0.4 is 19.7 Å². The topological polar surface area (TPSA) is 96.0 Å². The number of nitrogens with zero attached hydrogens (tertiary/aromatic N) is 6.